The van der Waals surface area contributed by atoms with E-state index >= 15 is 0 Å². The minimum Gasteiger partial charge on any atom is -0.352 e. The summed E-state index contributed by atoms with van der Waals surface area (Å²) >= 11 is 1.45. The van der Waals surface area contributed by atoms with E-state index in [-0.39, 0.29) is 11.3 Å². The summed E-state index contributed by atoms with van der Waals surface area (Å²) in [5, 5.41) is 8.44. The van der Waals surface area contributed by atoms with E-state index in [1.807, 2.05) is 54.7 Å². The van der Waals surface area contributed by atoms with Gasteiger partial charge >= 0.3 is 0 Å². The number of nitrogens with one attached hydrogen (secondary N) is 1. The van der Waals surface area contributed by atoms with Crippen molar-refractivity contribution < 1.29 is 14.3 Å². The lowest BCUT2D eigenvalue weighted by Gasteiger charge is -2.56. The number of fused-ring (bicyclic) bond motifs is 2. The maximum atomic E-state index is 13.6. The van der Waals surface area contributed by atoms with Gasteiger partial charge in [0.25, 0.3) is 5.91 Å². The third kappa shape index (κ3) is 5.62. The van der Waals surface area contributed by atoms with Crippen LogP contribution in [0.2, 0.25) is 0 Å². The molecule has 4 saturated carbocycles. The maximum absolute atomic E-state index is 13.6. The first-order valence-corrected chi connectivity index (χ1v) is 20.4. The summed E-state index contributed by atoms with van der Waals surface area (Å²) in [6.07, 6.45) is 10.7. The fourth-order valence-corrected chi connectivity index (χ4v) is 11.7. The molecule has 4 bridgehead atoms. The van der Waals surface area contributed by atoms with Crippen molar-refractivity contribution in [2.45, 2.75) is 65.0 Å². The van der Waals surface area contributed by atoms with Gasteiger partial charge in [0.05, 0.1) is 16.4 Å². The molecule has 0 radical (unpaired) electrons. The molecule has 10 rings (SSSR count). The lowest BCUT2D eigenvalue weighted by molar-refractivity contribution is -0.0638. The molecule has 1 aliphatic heterocycles. The zero-order valence-electron chi connectivity index (χ0n) is 27.9. The average Bonchev–Trinajstić information content (AvgIpc) is 3.64. The first kappa shape index (κ1) is 31.2. The van der Waals surface area contributed by atoms with E-state index < -0.39 is 7.37 Å². The van der Waals surface area contributed by atoms with Gasteiger partial charge in [-0.15, -0.1) is 0 Å². The van der Waals surface area contributed by atoms with Crippen molar-refractivity contribution in [1.82, 2.24) is 19.7 Å². The fourth-order valence-electron chi connectivity index (χ4n) is 9.89. The first-order valence-electron chi connectivity index (χ1n) is 17.5. The molecule has 11 heteroatoms. The van der Waals surface area contributed by atoms with Gasteiger partial charge in [0.1, 0.15) is 11.3 Å². The molecule has 4 heterocycles. The molecule has 4 fully saturated rings. The summed E-state index contributed by atoms with van der Waals surface area (Å²) in [5.41, 5.74) is 6.61. The van der Waals surface area contributed by atoms with Gasteiger partial charge in [0.2, 0.25) is 7.37 Å². The minimum absolute atomic E-state index is 0.198. The predicted octanol–water partition coefficient (Wildman–Crippen LogP) is 7.42. The van der Waals surface area contributed by atoms with E-state index in [0.717, 1.165) is 63.3 Å². The standard InChI is InChI=1S/C38H41N6O3PS/c1-23-30(20-39-44(23)22-38-17-24-14-25(18-38)16-26(15-24)19-38)29-10-11-34(41-36(29)48(2,46)47)43-13-12-27-6-5-7-28(31(27)21-43)35(45)42-37-40-32-8-3-4-9-33(32)49-37/h3-11,20,24-26H,12-19,21-22H2,1-2H3,(H,46,47)(H,40,42,45). The molecular formula is C38H41N6O3PS. The van der Waals surface area contributed by atoms with Crippen LogP contribution in [0.1, 0.15) is 65.7 Å². The number of carbonyl (C=O) groups excluding carboxylic acids is 1. The zero-order chi connectivity index (χ0) is 33.5. The molecule has 49 heavy (non-hydrogen) atoms. The number of benzene rings is 2. The van der Waals surface area contributed by atoms with Crippen LogP contribution >= 0.6 is 18.7 Å². The van der Waals surface area contributed by atoms with Gasteiger partial charge in [-0.3, -0.25) is 19.4 Å². The number of anilines is 2. The molecule has 5 aliphatic rings. The van der Waals surface area contributed by atoms with E-state index in [4.69, 9.17) is 10.1 Å². The molecule has 5 aromatic rings. The molecule has 1 unspecified atom stereocenters. The summed E-state index contributed by atoms with van der Waals surface area (Å²) in [6.45, 7) is 5.53. The molecular weight excluding hydrogens is 651 g/mol. The minimum atomic E-state index is -3.75. The topological polar surface area (TPSA) is 113 Å². The Morgan fingerprint density at radius 3 is 2.49 bits per heavy atom. The van der Waals surface area contributed by atoms with Crippen molar-refractivity contribution in [3.8, 4) is 11.1 Å². The van der Waals surface area contributed by atoms with Gasteiger partial charge in [-0.2, -0.15) is 5.10 Å². The van der Waals surface area contributed by atoms with Crippen LogP contribution in [0.25, 0.3) is 21.3 Å². The monoisotopic (exact) mass is 692 g/mol. The van der Waals surface area contributed by atoms with Gasteiger partial charge < -0.3 is 9.79 Å². The smallest absolute Gasteiger partial charge is 0.257 e. The summed E-state index contributed by atoms with van der Waals surface area (Å²) in [5.74, 6) is 3.04. The van der Waals surface area contributed by atoms with E-state index in [0.29, 0.717) is 40.6 Å². The lowest BCUT2D eigenvalue weighted by Crippen LogP contribution is -2.48. The van der Waals surface area contributed by atoms with Gasteiger partial charge in [0, 0.05) is 48.7 Å². The van der Waals surface area contributed by atoms with Crippen LogP contribution in [0.4, 0.5) is 10.9 Å². The van der Waals surface area contributed by atoms with Gasteiger partial charge in [-0.1, -0.05) is 35.6 Å². The Balaban J connectivity index is 0.987. The van der Waals surface area contributed by atoms with Crippen LogP contribution in [-0.2, 0) is 24.1 Å². The molecule has 0 saturated heterocycles. The highest BCUT2D eigenvalue weighted by Crippen LogP contribution is 2.60. The van der Waals surface area contributed by atoms with E-state index in [1.165, 1.54) is 56.5 Å². The van der Waals surface area contributed by atoms with Crippen LogP contribution in [0.15, 0.2) is 60.8 Å². The Bertz CT molecular complexity index is 2100. The van der Waals surface area contributed by atoms with Crippen LogP contribution < -0.4 is 15.7 Å². The zero-order valence-corrected chi connectivity index (χ0v) is 29.6. The van der Waals surface area contributed by atoms with Crippen molar-refractivity contribution in [3.05, 3.63) is 83.2 Å². The number of carbonyl (C=O) groups is 1. The van der Waals surface area contributed by atoms with Crippen molar-refractivity contribution >= 4 is 51.2 Å². The summed E-state index contributed by atoms with van der Waals surface area (Å²) in [6, 6.07) is 17.6. The molecule has 9 nitrogen and oxygen atoms in total. The fraction of sp³-hybridized carbons (Fsp3) is 0.421. The SMILES string of the molecule is Cc1c(-c2ccc(N3CCc4cccc(C(=O)Nc5nc6ccccc6s5)c4C3)nc2P(C)(=O)O)cnn1CC12CC3CC(CC(C3)C1)C2. The third-order valence-corrected chi connectivity index (χ3v) is 13.7. The van der Waals surface area contributed by atoms with E-state index in [2.05, 4.69) is 32.9 Å². The van der Waals surface area contributed by atoms with Gasteiger partial charge in [-0.25, -0.2) is 9.97 Å². The predicted molar refractivity (Wildman–Crippen MR) is 195 cm³/mol. The van der Waals surface area contributed by atoms with Crippen LogP contribution in [0, 0.1) is 30.1 Å². The van der Waals surface area contributed by atoms with Crippen molar-refractivity contribution in [2.24, 2.45) is 23.2 Å². The Morgan fingerprint density at radius 2 is 1.76 bits per heavy atom. The molecule has 1 amide bonds. The number of nitrogens with zero attached hydrogens (tertiary/aromatic N) is 5. The normalized spacial score (nSPS) is 25.4. The number of rotatable bonds is 7. The Morgan fingerprint density at radius 1 is 1.00 bits per heavy atom. The van der Waals surface area contributed by atoms with Crippen LogP contribution in [0.5, 0.6) is 0 Å². The highest BCUT2D eigenvalue weighted by Gasteiger charge is 2.51. The largest absolute Gasteiger partial charge is 0.352 e. The number of amides is 1. The summed E-state index contributed by atoms with van der Waals surface area (Å²) < 4.78 is 16.6. The van der Waals surface area contributed by atoms with E-state index in [9.17, 15) is 14.3 Å². The number of thiazole rings is 1. The van der Waals surface area contributed by atoms with Crippen molar-refractivity contribution in [2.75, 3.05) is 23.4 Å². The molecule has 0 spiro atoms. The molecule has 2 aromatic carbocycles. The highest BCUT2D eigenvalue weighted by atomic mass is 32.1. The molecule has 2 N–H and O–H groups in total. The second-order valence-corrected chi connectivity index (χ2v) is 18.4. The van der Waals surface area contributed by atoms with E-state index in [1.54, 1.807) is 0 Å². The number of para-hydroxylation sites is 1. The highest BCUT2D eigenvalue weighted by molar-refractivity contribution is 7.65. The van der Waals surface area contributed by atoms with Crippen molar-refractivity contribution in [3.63, 3.8) is 0 Å². The summed E-state index contributed by atoms with van der Waals surface area (Å²) in [4.78, 5) is 36.2. The second kappa shape index (κ2) is 11.6. The summed E-state index contributed by atoms with van der Waals surface area (Å²) in [7, 11) is -3.75. The van der Waals surface area contributed by atoms with Gasteiger partial charge in [-0.05, 0) is 116 Å². The lowest BCUT2D eigenvalue weighted by atomic mass is 9.49. The number of hydrogen-bond donors (Lipinski definition) is 2. The number of hydrogen-bond acceptors (Lipinski definition) is 7. The third-order valence-electron chi connectivity index (χ3n) is 11.7. The maximum Gasteiger partial charge on any atom is 0.257 e. The van der Waals surface area contributed by atoms with Crippen LogP contribution in [-0.4, -0.2) is 43.8 Å². The second-order valence-electron chi connectivity index (χ2n) is 15.2. The molecule has 4 aliphatic carbocycles. The molecule has 252 valence electrons. The number of aromatic nitrogens is 4. The van der Waals surface area contributed by atoms with Gasteiger partial charge in [0.15, 0.2) is 5.13 Å². The van der Waals surface area contributed by atoms with Crippen LogP contribution in [0.3, 0.4) is 0 Å². The number of pyridine rings is 1. The quantitative estimate of drug-likeness (QED) is 0.171. The van der Waals surface area contributed by atoms with Crippen molar-refractivity contribution in [1.29, 1.82) is 0 Å². The molecule has 3 aromatic heterocycles. The Labute approximate surface area is 290 Å². The Hall–Kier alpha value is -3.85. The average molecular weight is 693 g/mol. The molecule has 1 atom stereocenters. The Kier molecular flexibility index (Phi) is 7.38. The first-order chi connectivity index (χ1) is 23.6.